The predicted molar refractivity (Wildman–Crippen MR) is 43.7 cm³/mol. The van der Waals surface area contributed by atoms with E-state index < -0.39 is 0 Å². The van der Waals surface area contributed by atoms with Crippen LogP contribution in [0.2, 0.25) is 0 Å². The summed E-state index contributed by atoms with van der Waals surface area (Å²) in [7, 11) is 1.81. The monoisotopic (exact) mass is 172 g/mol. The van der Waals surface area contributed by atoms with Gasteiger partial charge in [0.15, 0.2) is 0 Å². The number of nitro groups is 1. The van der Waals surface area contributed by atoms with E-state index in [9.17, 15) is 10.1 Å². The molecule has 0 radical (unpaired) electrons. The van der Waals surface area contributed by atoms with Crippen molar-refractivity contribution in [3.05, 3.63) is 27.1 Å². The largest absolute Gasteiger partial charge is 0.324 e. The third-order valence-electron chi connectivity index (χ3n) is 1.20. The van der Waals surface area contributed by atoms with Gasteiger partial charge in [-0.25, -0.2) is 0 Å². The first-order valence-corrected chi connectivity index (χ1v) is 3.98. The van der Waals surface area contributed by atoms with Crippen LogP contribution in [0.4, 0.5) is 5.00 Å². The first-order valence-electron chi connectivity index (χ1n) is 3.10. The summed E-state index contributed by atoms with van der Waals surface area (Å²) >= 11 is 1.16. The molecule has 0 saturated carbocycles. The van der Waals surface area contributed by atoms with Gasteiger partial charge in [-0.1, -0.05) is 11.3 Å². The zero-order valence-corrected chi connectivity index (χ0v) is 6.85. The number of rotatable bonds is 3. The summed E-state index contributed by atoms with van der Waals surface area (Å²) in [6, 6.07) is 1.58. The highest BCUT2D eigenvalue weighted by atomic mass is 32.1. The molecule has 0 aliphatic carbocycles. The van der Waals surface area contributed by atoms with Gasteiger partial charge < -0.3 is 5.32 Å². The van der Waals surface area contributed by atoms with Crippen LogP contribution in [0.1, 0.15) is 5.56 Å². The van der Waals surface area contributed by atoms with Gasteiger partial charge in [-0.15, -0.1) is 0 Å². The van der Waals surface area contributed by atoms with Crippen LogP contribution in [0.25, 0.3) is 0 Å². The molecule has 0 aliphatic heterocycles. The molecule has 0 aromatic carbocycles. The molecular formula is C6H8N2O2S. The van der Waals surface area contributed by atoms with E-state index in [1.165, 1.54) is 0 Å². The third-order valence-corrected chi connectivity index (χ3v) is 2.13. The average molecular weight is 172 g/mol. The highest BCUT2D eigenvalue weighted by Gasteiger charge is 2.07. The molecule has 0 amide bonds. The number of thiophene rings is 1. The van der Waals surface area contributed by atoms with Gasteiger partial charge in [0.1, 0.15) is 0 Å². The normalized spacial score (nSPS) is 9.91. The molecular weight excluding hydrogens is 164 g/mol. The van der Waals surface area contributed by atoms with E-state index in [0.717, 1.165) is 16.9 Å². The van der Waals surface area contributed by atoms with E-state index in [0.29, 0.717) is 6.54 Å². The first kappa shape index (κ1) is 8.16. The topological polar surface area (TPSA) is 55.2 Å². The lowest BCUT2D eigenvalue weighted by molar-refractivity contribution is -0.380. The molecule has 1 heterocycles. The minimum absolute atomic E-state index is 0.204. The summed E-state index contributed by atoms with van der Waals surface area (Å²) in [6.07, 6.45) is 0. The number of nitrogens with zero attached hydrogens (tertiary/aromatic N) is 1. The van der Waals surface area contributed by atoms with Crippen LogP contribution in [0.3, 0.4) is 0 Å². The predicted octanol–water partition coefficient (Wildman–Crippen LogP) is 1.38. The van der Waals surface area contributed by atoms with Gasteiger partial charge in [0.2, 0.25) is 0 Å². The van der Waals surface area contributed by atoms with Gasteiger partial charge in [0.25, 0.3) is 0 Å². The zero-order valence-electron chi connectivity index (χ0n) is 6.03. The Bertz CT molecular complexity index is 259. The van der Waals surface area contributed by atoms with Crippen molar-refractivity contribution >= 4 is 16.3 Å². The zero-order chi connectivity index (χ0) is 8.27. The maximum atomic E-state index is 10.2. The Balaban J connectivity index is 2.73. The summed E-state index contributed by atoms with van der Waals surface area (Å²) < 4.78 is 0. The molecule has 0 fully saturated rings. The van der Waals surface area contributed by atoms with Crippen molar-refractivity contribution in [2.45, 2.75) is 6.54 Å². The van der Waals surface area contributed by atoms with Crippen LogP contribution >= 0.6 is 11.3 Å². The number of nitrogens with one attached hydrogen (secondary N) is 1. The van der Waals surface area contributed by atoms with Crippen LogP contribution in [-0.2, 0) is 6.54 Å². The van der Waals surface area contributed by atoms with Gasteiger partial charge in [-0.2, -0.15) is 0 Å². The van der Waals surface area contributed by atoms with Crippen LogP contribution < -0.4 is 5.32 Å². The Labute approximate surface area is 68.0 Å². The van der Waals surface area contributed by atoms with Crippen molar-refractivity contribution < 1.29 is 4.92 Å². The summed E-state index contributed by atoms with van der Waals surface area (Å²) in [5.41, 5.74) is 0.962. The average Bonchev–Trinajstić information content (AvgIpc) is 2.37. The highest BCUT2D eigenvalue weighted by molar-refractivity contribution is 7.13. The van der Waals surface area contributed by atoms with E-state index >= 15 is 0 Å². The molecule has 1 rings (SSSR count). The fourth-order valence-corrected chi connectivity index (χ4v) is 1.48. The maximum Gasteiger partial charge on any atom is 0.324 e. The first-order chi connectivity index (χ1) is 5.24. The fourth-order valence-electron chi connectivity index (χ4n) is 0.755. The molecule has 0 aliphatic rings. The molecule has 1 aromatic heterocycles. The molecule has 0 atom stereocenters. The van der Waals surface area contributed by atoms with Gasteiger partial charge in [-0.3, -0.25) is 10.1 Å². The Kier molecular flexibility index (Phi) is 2.56. The smallest absolute Gasteiger partial charge is 0.316 e. The van der Waals surface area contributed by atoms with Gasteiger partial charge in [0, 0.05) is 18.0 Å². The molecule has 0 saturated heterocycles. The quantitative estimate of drug-likeness (QED) is 0.553. The van der Waals surface area contributed by atoms with Crippen molar-refractivity contribution in [2.75, 3.05) is 7.05 Å². The second-order valence-electron chi connectivity index (χ2n) is 2.08. The van der Waals surface area contributed by atoms with Crippen molar-refractivity contribution in [3.8, 4) is 0 Å². The summed E-state index contributed by atoms with van der Waals surface area (Å²) in [5, 5.41) is 15.1. The minimum Gasteiger partial charge on any atom is -0.316 e. The lowest BCUT2D eigenvalue weighted by Crippen LogP contribution is -2.03. The Hall–Kier alpha value is -0.940. The number of hydrogen-bond acceptors (Lipinski definition) is 4. The second kappa shape index (κ2) is 3.45. The molecule has 5 heteroatoms. The third kappa shape index (κ3) is 1.99. The standard InChI is InChI=1S/C6H8N2O2S/c1-7-3-5-2-6(8(9)10)11-4-5/h2,4,7H,3H2,1H3. The summed E-state index contributed by atoms with van der Waals surface area (Å²) in [6.45, 7) is 0.685. The van der Waals surface area contributed by atoms with Gasteiger partial charge in [0.05, 0.1) is 4.92 Å². The lowest BCUT2D eigenvalue weighted by Gasteiger charge is -1.89. The molecule has 4 nitrogen and oxygen atoms in total. The fraction of sp³-hybridized carbons (Fsp3) is 0.333. The van der Waals surface area contributed by atoms with Crippen molar-refractivity contribution in [1.29, 1.82) is 0 Å². The van der Waals surface area contributed by atoms with E-state index in [1.54, 1.807) is 11.4 Å². The Morgan fingerprint density at radius 1 is 1.82 bits per heavy atom. The van der Waals surface area contributed by atoms with Crippen LogP contribution in [0.15, 0.2) is 11.4 Å². The van der Waals surface area contributed by atoms with E-state index in [2.05, 4.69) is 5.32 Å². The van der Waals surface area contributed by atoms with E-state index in [1.807, 2.05) is 7.05 Å². The Morgan fingerprint density at radius 3 is 3.00 bits per heavy atom. The second-order valence-corrected chi connectivity index (χ2v) is 2.97. The van der Waals surface area contributed by atoms with Crippen LogP contribution in [-0.4, -0.2) is 12.0 Å². The SMILES string of the molecule is CNCc1csc([N+](=O)[O-])c1. The van der Waals surface area contributed by atoms with E-state index in [4.69, 9.17) is 0 Å². The van der Waals surface area contributed by atoms with Crippen molar-refractivity contribution in [1.82, 2.24) is 5.32 Å². The summed E-state index contributed by atoms with van der Waals surface area (Å²) in [5.74, 6) is 0. The molecule has 0 bridgehead atoms. The molecule has 60 valence electrons. The maximum absolute atomic E-state index is 10.2. The van der Waals surface area contributed by atoms with Crippen LogP contribution in [0.5, 0.6) is 0 Å². The van der Waals surface area contributed by atoms with Gasteiger partial charge >= 0.3 is 5.00 Å². The molecule has 11 heavy (non-hydrogen) atoms. The van der Waals surface area contributed by atoms with Crippen molar-refractivity contribution in [3.63, 3.8) is 0 Å². The minimum atomic E-state index is -0.371. The molecule has 1 N–H and O–H groups in total. The molecule has 0 unspecified atom stereocenters. The summed E-state index contributed by atoms with van der Waals surface area (Å²) in [4.78, 5) is 9.84. The van der Waals surface area contributed by atoms with Crippen LogP contribution in [0, 0.1) is 10.1 Å². The van der Waals surface area contributed by atoms with Crippen molar-refractivity contribution in [2.24, 2.45) is 0 Å². The van der Waals surface area contributed by atoms with E-state index in [-0.39, 0.29) is 9.92 Å². The lowest BCUT2D eigenvalue weighted by atomic mass is 10.3. The molecule has 1 aromatic rings. The highest BCUT2D eigenvalue weighted by Crippen LogP contribution is 2.21. The Morgan fingerprint density at radius 2 is 2.55 bits per heavy atom. The molecule has 0 spiro atoms. The number of hydrogen-bond donors (Lipinski definition) is 1. The van der Waals surface area contributed by atoms with Gasteiger partial charge in [-0.05, 0) is 12.6 Å².